The van der Waals surface area contributed by atoms with Gasteiger partial charge in [0.1, 0.15) is 0 Å². The van der Waals surface area contributed by atoms with Crippen LogP contribution in [0.15, 0.2) is 82.6 Å². The molecular weight excluding hydrogens is 332 g/mol. The number of fused-ring (bicyclic) bond motifs is 2. The number of rotatable bonds is 3. The van der Waals surface area contributed by atoms with Gasteiger partial charge in [0.05, 0.1) is 11.4 Å². The van der Waals surface area contributed by atoms with Crippen molar-refractivity contribution in [3.8, 4) is 0 Å². The van der Waals surface area contributed by atoms with E-state index in [0.29, 0.717) is 12.1 Å². The number of nitrogens with one attached hydrogen (secondary N) is 1. The SMILES string of the molecule is O=C(NO)c1cccc(CN2c3ccccc3Sc3ccccc32)c1. The van der Waals surface area contributed by atoms with Gasteiger partial charge >= 0.3 is 0 Å². The van der Waals surface area contributed by atoms with E-state index in [-0.39, 0.29) is 0 Å². The van der Waals surface area contributed by atoms with Gasteiger partial charge in [-0.2, -0.15) is 0 Å². The number of carbonyl (C=O) groups is 1. The minimum Gasteiger partial charge on any atom is -0.335 e. The molecule has 124 valence electrons. The van der Waals surface area contributed by atoms with E-state index >= 15 is 0 Å². The zero-order chi connectivity index (χ0) is 17.2. The molecule has 0 spiro atoms. The molecule has 0 saturated carbocycles. The van der Waals surface area contributed by atoms with Crippen LogP contribution in [-0.4, -0.2) is 11.1 Å². The second kappa shape index (κ2) is 6.63. The summed E-state index contributed by atoms with van der Waals surface area (Å²) in [6, 6.07) is 23.9. The van der Waals surface area contributed by atoms with E-state index in [1.54, 1.807) is 29.4 Å². The normalized spacial score (nSPS) is 12.3. The van der Waals surface area contributed by atoms with Crippen LogP contribution in [0.25, 0.3) is 0 Å². The lowest BCUT2D eigenvalue weighted by Gasteiger charge is -2.32. The van der Waals surface area contributed by atoms with Gasteiger partial charge in [0.2, 0.25) is 0 Å². The molecule has 1 amide bonds. The first kappa shape index (κ1) is 15.7. The molecule has 4 nitrogen and oxygen atoms in total. The Bertz CT molecular complexity index is 897. The number of hydrogen-bond donors (Lipinski definition) is 2. The summed E-state index contributed by atoms with van der Waals surface area (Å²) in [6.07, 6.45) is 0. The Morgan fingerprint density at radius 2 is 1.56 bits per heavy atom. The quantitative estimate of drug-likeness (QED) is 0.536. The third kappa shape index (κ3) is 2.99. The molecule has 0 atom stereocenters. The van der Waals surface area contributed by atoms with E-state index < -0.39 is 5.91 Å². The van der Waals surface area contributed by atoms with Crippen molar-refractivity contribution in [2.75, 3.05) is 4.90 Å². The predicted octanol–water partition coefficient (Wildman–Crippen LogP) is 4.61. The molecule has 1 aliphatic heterocycles. The molecule has 2 N–H and O–H groups in total. The van der Waals surface area contributed by atoms with Crippen molar-refractivity contribution in [2.45, 2.75) is 16.3 Å². The summed E-state index contributed by atoms with van der Waals surface area (Å²) in [4.78, 5) is 16.4. The van der Waals surface area contributed by atoms with E-state index in [2.05, 4.69) is 29.2 Å². The van der Waals surface area contributed by atoms with Crippen LogP contribution in [0.5, 0.6) is 0 Å². The van der Waals surface area contributed by atoms with Gasteiger partial charge in [0.15, 0.2) is 0 Å². The molecule has 0 aromatic heterocycles. The Labute approximate surface area is 150 Å². The number of carbonyl (C=O) groups excluding carboxylic acids is 1. The van der Waals surface area contributed by atoms with E-state index in [1.807, 2.05) is 36.4 Å². The Hall–Kier alpha value is -2.76. The summed E-state index contributed by atoms with van der Waals surface area (Å²) < 4.78 is 0. The maximum Gasteiger partial charge on any atom is 0.274 e. The molecule has 0 fully saturated rings. The molecule has 0 bridgehead atoms. The Kier molecular flexibility index (Phi) is 4.17. The smallest absolute Gasteiger partial charge is 0.274 e. The summed E-state index contributed by atoms with van der Waals surface area (Å²) in [5, 5.41) is 8.85. The lowest BCUT2D eigenvalue weighted by Crippen LogP contribution is -2.21. The highest BCUT2D eigenvalue weighted by Gasteiger charge is 2.23. The zero-order valence-electron chi connectivity index (χ0n) is 13.3. The maximum absolute atomic E-state index is 11.7. The molecule has 3 aromatic carbocycles. The van der Waals surface area contributed by atoms with E-state index in [0.717, 1.165) is 16.9 Å². The fourth-order valence-corrected chi connectivity index (χ4v) is 4.11. The van der Waals surface area contributed by atoms with Gasteiger partial charge in [-0.1, -0.05) is 48.2 Å². The topological polar surface area (TPSA) is 52.6 Å². The number of anilines is 2. The van der Waals surface area contributed by atoms with Crippen LogP contribution in [0.2, 0.25) is 0 Å². The van der Waals surface area contributed by atoms with Crippen molar-refractivity contribution in [3.63, 3.8) is 0 Å². The number of para-hydroxylation sites is 2. The number of hydrogen-bond acceptors (Lipinski definition) is 4. The summed E-state index contributed by atoms with van der Waals surface area (Å²) >= 11 is 1.77. The molecule has 3 aromatic rings. The van der Waals surface area contributed by atoms with Crippen molar-refractivity contribution in [1.82, 2.24) is 5.48 Å². The molecular formula is C20H16N2O2S. The van der Waals surface area contributed by atoms with Crippen molar-refractivity contribution in [2.24, 2.45) is 0 Å². The molecule has 0 unspecified atom stereocenters. The van der Waals surface area contributed by atoms with Crippen LogP contribution in [0.1, 0.15) is 15.9 Å². The maximum atomic E-state index is 11.7. The molecule has 0 aliphatic carbocycles. The Morgan fingerprint density at radius 1 is 0.920 bits per heavy atom. The third-order valence-corrected chi connectivity index (χ3v) is 5.29. The zero-order valence-corrected chi connectivity index (χ0v) is 14.2. The predicted molar refractivity (Wildman–Crippen MR) is 98.5 cm³/mol. The fourth-order valence-electron chi connectivity index (χ4n) is 3.01. The number of amides is 1. The molecule has 4 rings (SSSR count). The van der Waals surface area contributed by atoms with Crippen LogP contribution in [0.3, 0.4) is 0 Å². The van der Waals surface area contributed by atoms with Gasteiger partial charge in [0.25, 0.3) is 5.91 Å². The van der Waals surface area contributed by atoms with Crippen LogP contribution in [0.4, 0.5) is 11.4 Å². The largest absolute Gasteiger partial charge is 0.335 e. The molecule has 0 radical (unpaired) electrons. The lowest BCUT2D eigenvalue weighted by molar-refractivity contribution is 0.0706. The van der Waals surface area contributed by atoms with Crippen LogP contribution in [0, 0.1) is 0 Å². The highest BCUT2D eigenvalue weighted by Crippen LogP contribution is 2.48. The molecule has 25 heavy (non-hydrogen) atoms. The van der Waals surface area contributed by atoms with Crippen LogP contribution < -0.4 is 10.4 Å². The highest BCUT2D eigenvalue weighted by atomic mass is 32.2. The van der Waals surface area contributed by atoms with Gasteiger partial charge in [-0.3, -0.25) is 10.0 Å². The second-order valence-electron chi connectivity index (χ2n) is 5.76. The molecule has 5 heteroatoms. The van der Waals surface area contributed by atoms with Crippen LogP contribution in [-0.2, 0) is 6.54 Å². The minimum atomic E-state index is -0.503. The van der Waals surface area contributed by atoms with Gasteiger partial charge in [0, 0.05) is 21.9 Å². The van der Waals surface area contributed by atoms with E-state index in [1.165, 1.54) is 9.79 Å². The average Bonchev–Trinajstić information content (AvgIpc) is 2.67. The highest BCUT2D eigenvalue weighted by molar-refractivity contribution is 7.99. The first-order valence-corrected chi connectivity index (χ1v) is 8.75. The fraction of sp³-hybridized carbons (Fsp3) is 0.0500. The summed E-state index contributed by atoms with van der Waals surface area (Å²) in [7, 11) is 0. The van der Waals surface area contributed by atoms with E-state index in [9.17, 15) is 4.79 Å². The van der Waals surface area contributed by atoms with Gasteiger partial charge < -0.3 is 4.90 Å². The van der Waals surface area contributed by atoms with E-state index in [4.69, 9.17) is 5.21 Å². The number of hydroxylamine groups is 1. The first-order chi connectivity index (χ1) is 12.3. The average molecular weight is 348 g/mol. The van der Waals surface area contributed by atoms with Crippen molar-refractivity contribution in [1.29, 1.82) is 0 Å². The van der Waals surface area contributed by atoms with Gasteiger partial charge in [-0.25, -0.2) is 5.48 Å². The second-order valence-corrected chi connectivity index (χ2v) is 6.85. The van der Waals surface area contributed by atoms with Crippen molar-refractivity contribution >= 4 is 29.0 Å². The molecule has 1 aliphatic rings. The summed E-state index contributed by atoms with van der Waals surface area (Å²) in [6.45, 7) is 0.640. The summed E-state index contributed by atoms with van der Waals surface area (Å²) in [5.41, 5.74) is 5.43. The number of nitrogens with zero attached hydrogens (tertiary/aromatic N) is 1. The standard InChI is InChI=1S/C20H16N2O2S/c23-20(21-24)15-7-5-6-14(12-15)13-22-16-8-1-3-10-18(16)25-19-11-4-2-9-17(19)22/h1-12,24H,13H2,(H,21,23). The Morgan fingerprint density at radius 3 is 2.20 bits per heavy atom. The molecule has 0 saturated heterocycles. The van der Waals surface area contributed by atoms with Crippen LogP contribution >= 0.6 is 11.8 Å². The van der Waals surface area contributed by atoms with Crippen molar-refractivity contribution < 1.29 is 10.0 Å². The molecule has 1 heterocycles. The first-order valence-electron chi connectivity index (χ1n) is 7.93. The third-order valence-electron chi connectivity index (χ3n) is 4.16. The minimum absolute atomic E-state index is 0.438. The summed E-state index contributed by atoms with van der Waals surface area (Å²) in [5.74, 6) is -0.503. The van der Waals surface area contributed by atoms with Gasteiger partial charge in [-0.05, 0) is 42.0 Å². The van der Waals surface area contributed by atoms with Gasteiger partial charge in [-0.15, -0.1) is 0 Å². The lowest BCUT2D eigenvalue weighted by atomic mass is 10.1. The van der Waals surface area contributed by atoms with Crippen molar-refractivity contribution in [3.05, 3.63) is 83.9 Å². The Balaban J connectivity index is 1.75. The monoisotopic (exact) mass is 348 g/mol. The number of benzene rings is 3.